The lowest BCUT2D eigenvalue weighted by Gasteiger charge is -2.36. The SMILES string of the molecule is COC(=O)C1=C(C)N=C2SC=C(CC(=O)NC3CCCCC3)N2[C@@H]1c1ccc(C)cc1. The van der Waals surface area contributed by atoms with E-state index in [0.717, 1.165) is 34.8 Å². The third kappa shape index (κ3) is 4.56. The van der Waals surface area contributed by atoms with E-state index in [4.69, 9.17) is 4.74 Å². The van der Waals surface area contributed by atoms with Crippen LogP contribution in [0.1, 0.15) is 62.6 Å². The monoisotopic (exact) mass is 439 g/mol. The molecule has 1 aliphatic carbocycles. The van der Waals surface area contributed by atoms with E-state index in [1.807, 2.05) is 48.4 Å². The van der Waals surface area contributed by atoms with Gasteiger partial charge in [-0.05, 0) is 37.7 Å². The van der Waals surface area contributed by atoms with Gasteiger partial charge in [0.2, 0.25) is 5.91 Å². The van der Waals surface area contributed by atoms with Crippen LogP contribution < -0.4 is 5.32 Å². The predicted molar refractivity (Wildman–Crippen MR) is 123 cm³/mol. The first-order valence-corrected chi connectivity index (χ1v) is 11.7. The van der Waals surface area contributed by atoms with Gasteiger partial charge in [0, 0.05) is 11.7 Å². The first-order valence-electron chi connectivity index (χ1n) is 10.9. The first-order chi connectivity index (χ1) is 15.0. The van der Waals surface area contributed by atoms with Crippen LogP contribution in [-0.4, -0.2) is 35.1 Å². The van der Waals surface area contributed by atoms with Crippen molar-refractivity contribution in [1.82, 2.24) is 10.2 Å². The molecular weight excluding hydrogens is 410 g/mol. The Morgan fingerprint density at radius 1 is 1.16 bits per heavy atom. The van der Waals surface area contributed by atoms with E-state index in [-0.39, 0.29) is 24.4 Å². The maximum atomic E-state index is 12.8. The summed E-state index contributed by atoms with van der Waals surface area (Å²) in [6, 6.07) is 8.03. The molecule has 1 atom stereocenters. The topological polar surface area (TPSA) is 71.0 Å². The van der Waals surface area contributed by atoms with Crippen LogP contribution in [0.4, 0.5) is 0 Å². The average Bonchev–Trinajstić information content (AvgIpc) is 3.15. The number of fused-ring (bicyclic) bond motifs is 1. The summed E-state index contributed by atoms with van der Waals surface area (Å²) in [5.41, 5.74) is 4.14. The summed E-state index contributed by atoms with van der Waals surface area (Å²) >= 11 is 1.50. The lowest BCUT2D eigenvalue weighted by atomic mass is 9.93. The minimum absolute atomic E-state index is 0.0218. The summed E-state index contributed by atoms with van der Waals surface area (Å²) < 4.78 is 5.10. The number of amides is 1. The third-order valence-corrected chi connectivity index (χ3v) is 7.00. The summed E-state index contributed by atoms with van der Waals surface area (Å²) in [6.07, 6.45) is 5.97. The normalized spacial score (nSPS) is 21.4. The smallest absolute Gasteiger partial charge is 0.338 e. The number of benzene rings is 1. The molecule has 0 aromatic heterocycles. The second-order valence-corrected chi connectivity index (χ2v) is 9.21. The van der Waals surface area contributed by atoms with Crippen LogP contribution in [0.15, 0.2) is 51.6 Å². The number of allylic oxidation sites excluding steroid dienone is 1. The van der Waals surface area contributed by atoms with Crippen LogP contribution in [0.5, 0.6) is 0 Å². The number of rotatable bonds is 5. The highest BCUT2D eigenvalue weighted by molar-refractivity contribution is 8.16. The van der Waals surface area contributed by atoms with Crippen LogP contribution in [0, 0.1) is 6.92 Å². The van der Waals surface area contributed by atoms with Crippen molar-refractivity contribution >= 4 is 28.8 Å². The lowest BCUT2D eigenvalue weighted by Crippen LogP contribution is -2.40. The van der Waals surface area contributed by atoms with Gasteiger partial charge in [0.15, 0.2) is 5.17 Å². The van der Waals surface area contributed by atoms with Crippen molar-refractivity contribution < 1.29 is 14.3 Å². The number of nitrogens with one attached hydrogen (secondary N) is 1. The summed E-state index contributed by atoms with van der Waals surface area (Å²) in [6.45, 7) is 3.87. The van der Waals surface area contributed by atoms with Crippen molar-refractivity contribution in [2.75, 3.05) is 7.11 Å². The van der Waals surface area contributed by atoms with E-state index in [2.05, 4.69) is 10.3 Å². The van der Waals surface area contributed by atoms with Gasteiger partial charge in [-0.3, -0.25) is 4.79 Å². The minimum atomic E-state index is -0.395. The van der Waals surface area contributed by atoms with E-state index >= 15 is 0 Å². The second kappa shape index (κ2) is 9.30. The quantitative estimate of drug-likeness (QED) is 0.680. The Morgan fingerprint density at radius 3 is 2.55 bits per heavy atom. The van der Waals surface area contributed by atoms with E-state index in [0.29, 0.717) is 11.3 Å². The molecule has 164 valence electrons. The van der Waals surface area contributed by atoms with Crippen LogP contribution in [0.2, 0.25) is 0 Å². The zero-order valence-electron chi connectivity index (χ0n) is 18.3. The molecule has 0 unspecified atom stereocenters. The number of amidine groups is 1. The molecule has 4 rings (SSSR count). The third-order valence-electron chi connectivity index (χ3n) is 6.11. The average molecular weight is 440 g/mol. The zero-order chi connectivity index (χ0) is 22.0. The molecule has 1 saturated carbocycles. The van der Waals surface area contributed by atoms with Gasteiger partial charge in [-0.15, -0.1) is 0 Å². The van der Waals surface area contributed by atoms with Crippen LogP contribution >= 0.6 is 11.8 Å². The summed E-state index contributed by atoms with van der Waals surface area (Å²) in [7, 11) is 1.39. The number of methoxy groups -OCH3 is 1. The Morgan fingerprint density at radius 2 is 1.87 bits per heavy atom. The standard InChI is InChI=1S/C24H29N3O3S/c1-15-9-11-17(12-10-15)22-21(23(29)30-3)16(2)25-24-27(22)19(14-31-24)13-20(28)26-18-7-5-4-6-8-18/h9-12,14,18,22H,4-8,13H2,1-3H3,(H,26,28)/t22-/m1/s1. The molecule has 0 bridgehead atoms. The molecule has 1 aromatic carbocycles. The number of hydrogen-bond donors (Lipinski definition) is 1. The van der Waals surface area contributed by atoms with Gasteiger partial charge in [0.1, 0.15) is 0 Å². The molecule has 1 N–H and O–H groups in total. The Balaban J connectivity index is 1.62. The van der Waals surface area contributed by atoms with Gasteiger partial charge in [-0.25, -0.2) is 9.79 Å². The van der Waals surface area contributed by atoms with Gasteiger partial charge in [0.25, 0.3) is 0 Å². The summed E-state index contributed by atoms with van der Waals surface area (Å²) in [4.78, 5) is 32.2. The molecule has 1 fully saturated rings. The number of ether oxygens (including phenoxy) is 1. The van der Waals surface area contributed by atoms with Crippen LogP contribution in [0.3, 0.4) is 0 Å². The predicted octanol–water partition coefficient (Wildman–Crippen LogP) is 4.58. The van der Waals surface area contributed by atoms with Crippen molar-refractivity contribution in [1.29, 1.82) is 0 Å². The van der Waals surface area contributed by atoms with Crippen molar-refractivity contribution in [2.45, 2.75) is 64.5 Å². The highest BCUT2D eigenvalue weighted by atomic mass is 32.2. The Labute approximate surface area is 187 Å². The molecule has 1 amide bonds. The van der Waals surface area contributed by atoms with Gasteiger partial charge < -0.3 is 15.0 Å². The number of aryl methyl sites for hydroxylation is 1. The maximum absolute atomic E-state index is 12.8. The maximum Gasteiger partial charge on any atom is 0.338 e. The van der Waals surface area contributed by atoms with Crippen LogP contribution in [0.25, 0.3) is 0 Å². The van der Waals surface area contributed by atoms with Gasteiger partial charge >= 0.3 is 5.97 Å². The summed E-state index contributed by atoms with van der Waals surface area (Å²) in [5.74, 6) is -0.373. The zero-order valence-corrected chi connectivity index (χ0v) is 19.1. The van der Waals surface area contributed by atoms with Gasteiger partial charge in [0.05, 0.1) is 30.8 Å². The second-order valence-electron chi connectivity index (χ2n) is 8.37. The molecule has 6 nitrogen and oxygen atoms in total. The number of esters is 1. The molecule has 0 spiro atoms. The van der Waals surface area contributed by atoms with Gasteiger partial charge in [-0.2, -0.15) is 0 Å². The van der Waals surface area contributed by atoms with E-state index in [9.17, 15) is 9.59 Å². The Kier molecular flexibility index (Phi) is 6.51. The molecule has 3 aliphatic rings. The number of carbonyl (C=O) groups excluding carboxylic acids is 2. The summed E-state index contributed by atoms with van der Waals surface area (Å²) in [5, 5.41) is 5.97. The molecule has 0 radical (unpaired) electrons. The highest BCUT2D eigenvalue weighted by Gasteiger charge is 2.41. The largest absolute Gasteiger partial charge is 0.466 e. The highest BCUT2D eigenvalue weighted by Crippen LogP contribution is 2.44. The van der Waals surface area contributed by atoms with E-state index < -0.39 is 5.97 Å². The van der Waals surface area contributed by atoms with Crippen molar-refractivity contribution in [3.05, 3.63) is 57.8 Å². The number of hydrogen-bond acceptors (Lipinski definition) is 6. The fourth-order valence-corrected chi connectivity index (χ4v) is 5.46. The minimum Gasteiger partial charge on any atom is -0.466 e. The number of nitrogens with zero attached hydrogens (tertiary/aromatic N) is 2. The lowest BCUT2D eigenvalue weighted by molar-refractivity contribution is -0.136. The number of aliphatic imine (C=N–C) groups is 1. The number of thioether (sulfide) groups is 1. The molecule has 2 aliphatic heterocycles. The fraction of sp³-hybridized carbons (Fsp3) is 0.458. The number of carbonyl (C=O) groups is 2. The fourth-order valence-electron chi connectivity index (χ4n) is 4.50. The van der Waals surface area contributed by atoms with Gasteiger partial charge in [-0.1, -0.05) is 60.9 Å². The molecule has 1 aromatic rings. The van der Waals surface area contributed by atoms with E-state index in [1.165, 1.54) is 38.1 Å². The van der Waals surface area contributed by atoms with E-state index in [1.54, 1.807) is 0 Å². The molecular formula is C24H29N3O3S. The molecule has 2 heterocycles. The molecule has 0 saturated heterocycles. The van der Waals surface area contributed by atoms with Crippen molar-refractivity contribution in [3.8, 4) is 0 Å². The molecule has 31 heavy (non-hydrogen) atoms. The Bertz CT molecular complexity index is 959. The first kappa shape index (κ1) is 21.7. The van der Waals surface area contributed by atoms with Crippen molar-refractivity contribution in [2.24, 2.45) is 4.99 Å². The van der Waals surface area contributed by atoms with Crippen LogP contribution in [-0.2, 0) is 14.3 Å². The Hall–Kier alpha value is -2.54. The molecule has 7 heteroatoms. The van der Waals surface area contributed by atoms with Crippen molar-refractivity contribution in [3.63, 3.8) is 0 Å².